The highest BCUT2D eigenvalue weighted by molar-refractivity contribution is 8.39. The van der Waals surface area contributed by atoms with Crippen LogP contribution in [0.5, 0.6) is 0 Å². The second-order valence-electron chi connectivity index (χ2n) is 5.69. The van der Waals surface area contributed by atoms with Crippen molar-refractivity contribution in [2.24, 2.45) is 0 Å². The highest BCUT2D eigenvalue weighted by Crippen LogP contribution is 2.67. The Bertz CT molecular complexity index is 566. The first-order valence-electron chi connectivity index (χ1n) is 6.62. The molecule has 0 N–H and O–H groups in total. The fraction of sp³-hybridized carbons (Fsp3) is 0.467. The smallest absolute Gasteiger partial charge is 0.166 e. The first-order valence-corrected chi connectivity index (χ1v) is 9.37. The number of rotatable bonds is 2. The lowest BCUT2D eigenvalue weighted by atomic mass is 10.2. The summed E-state index contributed by atoms with van der Waals surface area (Å²) in [4.78, 5) is 3.10. The van der Waals surface area contributed by atoms with Gasteiger partial charge in [-0.2, -0.15) is 0 Å². The Kier molecular flexibility index (Phi) is 3.10. The van der Waals surface area contributed by atoms with Crippen molar-refractivity contribution in [3.8, 4) is 0 Å². The van der Waals surface area contributed by atoms with E-state index in [4.69, 9.17) is 11.6 Å². The first-order chi connectivity index (χ1) is 8.94. The largest absolute Gasteiger partial charge is 0.340 e. The van der Waals surface area contributed by atoms with Crippen molar-refractivity contribution in [2.45, 2.75) is 31.2 Å². The first kappa shape index (κ1) is 13.3. The third kappa shape index (κ3) is 2.07. The molecule has 2 heterocycles. The summed E-state index contributed by atoms with van der Waals surface area (Å²) in [5.41, 5.74) is 1.73. The van der Waals surface area contributed by atoms with Crippen molar-refractivity contribution in [1.82, 2.24) is 0 Å². The molecule has 1 fully saturated rings. The molecule has 4 heteroatoms. The molecule has 3 rings (SSSR count). The molecule has 19 heavy (non-hydrogen) atoms. The van der Waals surface area contributed by atoms with Crippen LogP contribution < -0.4 is 4.90 Å². The van der Waals surface area contributed by atoms with Gasteiger partial charge in [-0.1, -0.05) is 17.7 Å². The number of hydrogen-bond donors (Lipinski definition) is 0. The molecular weight excluding hydrogens is 281 g/mol. The second kappa shape index (κ2) is 4.42. The van der Waals surface area contributed by atoms with Gasteiger partial charge in [-0.05, 0) is 50.2 Å². The monoisotopic (exact) mass is 299 g/mol. The third-order valence-electron chi connectivity index (χ3n) is 4.21. The summed E-state index contributed by atoms with van der Waals surface area (Å²) in [7, 11) is -0.778. The molecule has 0 saturated carbocycles. The molecule has 2 aliphatic rings. The molecule has 0 spiro atoms. The van der Waals surface area contributed by atoms with Gasteiger partial charge in [0.25, 0.3) is 0 Å². The highest BCUT2D eigenvalue weighted by Gasteiger charge is 2.37. The Hall–Kier alpha value is -0.670. The van der Waals surface area contributed by atoms with Gasteiger partial charge in [-0.25, -0.2) is 14.4 Å². The van der Waals surface area contributed by atoms with Crippen molar-refractivity contribution < 1.29 is 4.39 Å². The fourth-order valence-corrected chi connectivity index (χ4v) is 5.83. The minimum absolute atomic E-state index is 0.249. The summed E-state index contributed by atoms with van der Waals surface area (Å²) in [6.07, 6.45) is 5.35. The van der Waals surface area contributed by atoms with Gasteiger partial charge in [0.05, 0.1) is 10.7 Å². The molecule has 0 amide bonds. The van der Waals surface area contributed by atoms with Gasteiger partial charge in [0.1, 0.15) is 0 Å². The van der Waals surface area contributed by atoms with Crippen molar-refractivity contribution in [3.05, 3.63) is 34.7 Å². The zero-order valence-electron chi connectivity index (χ0n) is 11.5. The zero-order chi connectivity index (χ0) is 13.8. The fourth-order valence-electron chi connectivity index (χ4n) is 2.75. The summed E-state index contributed by atoms with van der Waals surface area (Å²) < 4.78 is 14.6. The molecule has 1 aromatic carbocycles. The Morgan fingerprint density at radius 1 is 1.37 bits per heavy atom. The van der Waals surface area contributed by atoms with Crippen LogP contribution in [0, 0.1) is 5.82 Å². The van der Waals surface area contributed by atoms with Crippen molar-refractivity contribution in [3.63, 3.8) is 0 Å². The van der Waals surface area contributed by atoms with Gasteiger partial charge in [0, 0.05) is 16.6 Å². The van der Waals surface area contributed by atoms with Crippen LogP contribution in [0.1, 0.15) is 20.3 Å². The number of benzene rings is 1. The molecule has 1 aromatic rings. The normalized spacial score (nSPS) is 26.3. The summed E-state index contributed by atoms with van der Waals surface area (Å²) in [5.74, 6) is 2.12. The molecule has 1 saturated heterocycles. The van der Waals surface area contributed by atoms with Crippen LogP contribution in [-0.2, 0) is 0 Å². The van der Waals surface area contributed by atoms with E-state index in [1.54, 1.807) is 0 Å². The van der Waals surface area contributed by atoms with Crippen LogP contribution >= 0.6 is 21.6 Å². The standard InChI is InChI=1S/C15H19ClFNS/c1-10-4-5-11(2)18(10)12-6-7-13(14(16)15(12)17)19(3)8-9-19/h4,6-7,11H,5,8-9H2,1-3H3. The summed E-state index contributed by atoms with van der Waals surface area (Å²) in [5, 5.41) is 0.347. The van der Waals surface area contributed by atoms with Crippen LogP contribution in [0.4, 0.5) is 10.1 Å². The van der Waals surface area contributed by atoms with E-state index in [-0.39, 0.29) is 5.82 Å². The Labute approximate surface area is 120 Å². The quantitative estimate of drug-likeness (QED) is 0.710. The SMILES string of the molecule is CC1=CCC(C)N1c1ccc(S2(C)CC2)c(Cl)c1F. The number of nitrogens with zero attached hydrogens (tertiary/aromatic N) is 1. The molecule has 2 aliphatic heterocycles. The molecular formula is C15H19ClFNS. The molecule has 104 valence electrons. The molecule has 0 aromatic heterocycles. The topological polar surface area (TPSA) is 3.24 Å². The Morgan fingerprint density at radius 3 is 2.58 bits per heavy atom. The van der Waals surface area contributed by atoms with E-state index in [1.807, 2.05) is 19.1 Å². The van der Waals surface area contributed by atoms with Crippen molar-refractivity contribution >= 4 is 27.3 Å². The number of hydrogen-bond acceptors (Lipinski definition) is 1. The minimum atomic E-state index is -0.778. The maximum absolute atomic E-state index is 14.6. The average Bonchev–Trinajstić information content (AvgIpc) is 3.02. The van der Waals surface area contributed by atoms with E-state index in [2.05, 4.69) is 24.2 Å². The van der Waals surface area contributed by atoms with Crippen molar-refractivity contribution in [2.75, 3.05) is 22.7 Å². The molecule has 0 radical (unpaired) electrons. The van der Waals surface area contributed by atoms with Crippen LogP contribution in [0.15, 0.2) is 28.8 Å². The lowest BCUT2D eigenvalue weighted by molar-refractivity contribution is 0.612. The molecule has 0 bridgehead atoms. The maximum Gasteiger partial charge on any atom is 0.166 e. The van der Waals surface area contributed by atoms with Gasteiger partial charge in [0.2, 0.25) is 0 Å². The van der Waals surface area contributed by atoms with Crippen LogP contribution in [-0.4, -0.2) is 23.8 Å². The average molecular weight is 300 g/mol. The minimum Gasteiger partial charge on any atom is -0.340 e. The maximum atomic E-state index is 14.6. The van der Waals surface area contributed by atoms with Crippen LogP contribution in [0.3, 0.4) is 0 Å². The summed E-state index contributed by atoms with van der Waals surface area (Å²) in [6, 6.07) is 4.26. The number of halogens is 2. The van der Waals surface area contributed by atoms with E-state index < -0.39 is 10.0 Å². The predicted octanol–water partition coefficient (Wildman–Crippen LogP) is 4.79. The molecule has 1 nitrogen and oxygen atoms in total. The van der Waals surface area contributed by atoms with Gasteiger partial charge >= 0.3 is 0 Å². The summed E-state index contributed by atoms with van der Waals surface area (Å²) in [6.45, 7) is 4.14. The zero-order valence-corrected chi connectivity index (χ0v) is 13.1. The number of allylic oxidation sites excluding steroid dienone is 1. The van der Waals surface area contributed by atoms with E-state index >= 15 is 0 Å². The van der Waals surface area contributed by atoms with Crippen LogP contribution in [0.2, 0.25) is 5.02 Å². The molecule has 0 aliphatic carbocycles. The Morgan fingerprint density at radius 2 is 2.05 bits per heavy atom. The molecule has 1 atom stereocenters. The molecule has 1 unspecified atom stereocenters. The van der Waals surface area contributed by atoms with Crippen LogP contribution in [0.25, 0.3) is 0 Å². The van der Waals surface area contributed by atoms with Crippen molar-refractivity contribution in [1.29, 1.82) is 0 Å². The summed E-state index contributed by atoms with van der Waals surface area (Å²) >= 11 is 6.30. The predicted molar refractivity (Wildman–Crippen MR) is 83.2 cm³/mol. The second-order valence-corrected chi connectivity index (χ2v) is 9.88. The van der Waals surface area contributed by atoms with E-state index in [0.717, 1.165) is 17.0 Å². The van der Waals surface area contributed by atoms with E-state index in [0.29, 0.717) is 16.8 Å². The third-order valence-corrected chi connectivity index (χ3v) is 7.73. The van der Waals surface area contributed by atoms with E-state index in [1.165, 1.54) is 11.5 Å². The lowest BCUT2D eigenvalue weighted by Crippen LogP contribution is -2.27. The van der Waals surface area contributed by atoms with Gasteiger partial charge < -0.3 is 4.90 Å². The Balaban J connectivity index is 2.05. The van der Waals surface area contributed by atoms with Gasteiger partial charge in [0.15, 0.2) is 5.82 Å². The lowest BCUT2D eigenvalue weighted by Gasteiger charge is -2.28. The van der Waals surface area contributed by atoms with Gasteiger partial charge in [-0.3, -0.25) is 0 Å². The van der Waals surface area contributed by atoms with Gasteiger partial charge in [-0.15, -0.1) is 0 Å². The van der Waals surface area contributed by atoms with E-state index in [9.17, 15) is 4.39 Å². The highest BCUT2D eigenvalue weighted by atomic mass is 35.5. The number of anilines is 1.